The van der Waals surface area contributed by atoms with Crippen LogP contribution in [0.1, 0.15) is 31.1 Å². The molecule has 0 spiro atoms. The van der Waals surface area contributed by atoms with E-state index in [4.69, 9.17) is 5.11 Å². The molecule has 0 aliphatic heterocycles. The molecule has 1 aromatic heterocycles. The van der Waals surface area contributed by atoms with Crippen LogP contribution < -0.4 is 0 Å². The van der Waals surface area contributed by atoms with Crippen LogP contribution >= 0.6 is 0 Å². The first kappa shape index (κ1) is 8.34. The van der Waals surface area contributed by atoms with E-state index in [0.717, 1.165) is 5.56 Å². The van der Waals surface area contributed by atoms with Crippen molar-refractivity contribution < 1.29 is 5.11 Å². The SMILES string of the molecule is Cc1cc(CO)cn1C(C)C. The van der Waals surface area contributed by atoms with Gasteiger partial charge >= 0.3 is 0 Å². The van der Waals surface area contributed by atoms with Gasteiger partial charge in [-0.3, -0.25) is 0 Å². The van der Waals surface area contributed by atoms with E-state index in [9.17, 15) is 0 Å². The molecule has 1 heterocycles. The van der Waals surface area contributed by atoms with Gasteiger partial charge < -0.3 is 9.67 Å². The third-order valence-electron chi connectivity index (χ3n) is 1.85. The summed E-state index contributed by atoms with van der Waals surface area (Å²) in [5.41, 5.74) is 2.21. The summed E-state index contributed by atoms with van der Waals surface area (Å²) >= 11 is 0. The number of aromatic nitrogens is 1. The van der Waals surface area contributed by atoms with Crippen molar-refractivity contribution in [1.82, 2.24) is 4.57 Å². The third kappa shape index (κ3) is 1.63. The molecule has 0 amide bonds. The van der Waals surface area contributed by atoms with E-state index in [0.29, 0.717) is 6.04 Å². The second-order valence-corrected chi connectivity index (χ2v) is 3.15. The maximum Gasteiger partial charge on any atom is 0.0696 e. The molecule has 2 heteroatoms. The van der Waals surface area contributed by atoms with E-state index >= 15 is 0 Å². The molecule has 0 aliphatic carbocycles. The average Bonchev–Trinajstić information content (AvgIpc) is 2.30. The number of aliphatic hydroxyl groups is 1. The van der Waals surface area contributed by atoms with Crippen LogP contribution in [0.15, 0.2) is 12.3 Å². The van der Waals surface area contributed by atoms with Gasteiger partial charge in [0.1, 0.15) is 0 Å². The smallest absolute Gasteiger partial charge is 0.0696 e. The van der Waals surface area contributed by atoms with Crippen LogP contribution in [0.25, 0.3) is 0 Å². The highest BCUT2D eigenvalue weighted by Gasteiger charge is 2.02. The van der Waals surface area contributed by atoms with Crippen molar-refractivity contribution in [3.63, 3.8) is 0 Å². The molecule has 0 saturated heterocycles. The highest BCUT2D eigenvalue weighted by atomic mass is 16.3. The van der Waals surface area contributed by atoms with E-state index in [2.05, 4.69) is 25.3 Å². The minimum Gasteiger partial charge on any atom is -0.392 e. The van der Waals surface area contributed by atoms with Crippen LogP contribution in [0.2, 0.25) is 0 Å². The van der Waals surface area contributed by atoms with Crippen molar-refractivity contribution in [3.8, 4) is 0 Å². The van der Waals surface area contributed by atoms with Gasteiger partial charge in [0.15, 0.2) is 0 Å². The van der Waals surface area contributed by atoms with Gasteiger partial charge in [0.05, 0.1) is 6.61 Å². The Kier molecular flexibility index (Phi) is 2.35. The van der Waals surface area contributed by atoms with Gasteiger partial charge in [0.2, 0.25) is 0 Å². The molecule has 0 aliphatic rings. The Bertz CT molecular complexity index is 238. The predicted molar refractivity (Wildman–Crippen MR) is 45.5 cm³/mol. The molecular formula is C9H15NO. The van der Waals surface area contributed by atoms with Gasteiger partial charge in [-0.1, -0.05) is 0 Å². The molecule has 2 nitrogen and oxygen atoms in total. The maximum atomic E-state index is 8.84. The van der Waals surface area contributed by atoms with Gasteiger partial charge in [0.25, 0.3) is 0 Å². The number of nitrogens with zero attached hydrogens (tertiary/aromatic N) is 1. The second-order valence-electron chi connectivity index (χ2n) is 3.15. The highest BCUT2D eigenvalue weighted by Crippen LogP contribution is 2.13. The molecule has 0 aromatic carbocycles. The van der Waals surface area contributed by atoms with Crippen molar-refractivity contribution in [2.75, 3.05) is 0 Å². The zero-order chi connectivity index (χ0) is 8.43. The lowest BCUT2D eigenvalue weighted by Crippen LogP contribution is -2.00. The molecule has 0 fully saturated rings. The first-order valence-corrected chi connectivity index (χ1v) is 3.93. The minimum atomic E-state index is 0.139. The third-order valence-corrected chi connectivity index (χ3v) is 1.85. The first-order chi connectivity index (χ1) is 5.15. The zero-order valence-electron chi connectivity index (χ0n) is 7.33. The number of aliphatic hydroxyl groups excluding tert-OH is 1. The molecule has 0 saturated carbocycles. The summed E-state index contributed by atoms with van der Waals surface area (Å²) in [6.07, 6.45) is 2.00. The van der Waals surface area contributed by atoms with Gasteiger partial charge in [-0.2, -0.15) is 0 Å². The molecule has 0 radical (unpaired) electrons. The van der Waals surface area contributed by atoms with Crippen LogP contribution in [-0.4, -0.2) is 9.67 Å². The van der Waals surface area contributed by atoms with Crippen molar-refractivity contribution in [2.45, 2.75) is 33.4 Å². The summed E-state index contributed by atoms with van der Waals surface area (Å²) in [4.78, 5) is 0. The van der Waals surface area contributed by atoms with E-state index in [-0.39, 0.29) is 6.61 Å². The summed E-state index contributed by atoms with van der Waals surface area (Å²) < 4.78 is 2.16. The molecule has 62 valence electrons. The van der Waals surface area contributed by atoms with Gasteiger partial charge in [-0.25, -0.2) is 0 Å². The standard InChI is InChI=1S/C9H15NO/c1-7(2)10-5-9(6-11)4-8(10)3/h4-5,7,11H,6H2,1-3H3. The molecule has 0 bridgehead atoms. The molecule has 0 unspecified atom stereocenters. The summed E-state index contributed by atoms with van der Waals surface area (Å²) in [5, 5.41) is 8.84. The molecule has 1 rings (SSSR count). The fraction of sp³-hybridized carbons (Fsp3) is 0.556. The summed E-state index contributed by atoms with van der Waals surface area (Å²) in [6, 6.07) is 2.50. The Labute approximate surface area is 67.5 Å². The van der Waals surface area contributed by atoms with Crippen LogP contribution in [0, 0.1) is 6.92 Å². The molecular weight excluding hydrogens is 138 g/mol. The Morgan fingerprint density at radius 2 is 2.18 bits per heavy atom. The number of rotatable bonds is 2. The Morgan fingerprint density at radius 3 is 2.45 bits per heavy atom. The second kappa shape index (κ2) is 3.09. The minimum absolute atomic E-state index is 0.139. The van der Waals surface area contributed by atoms with Gasteiger partial charge in [-0.05, 0) is 32.4 Å². The lowest BCUT2D eigenvalue weighted by Gasteiger charge is -2.08. The van der Waals surface area contributed by atoms with Crippen molar-refractivity contribution in [1.29, 1.82) is 0 Å². The normalized spacial score (nSPS) is 11.0. The van der Waals surface area contributed by atoms with Crippen molar-refractivity contribution in [2.24, 2.45) is 0 Å². The summed E-state index contributed by atoms with van der Waals surface area (Å²) in [5.74, 6) is 0. The van der Waals surface area contributed by atoms with E-state index < -0.39 is 0 Å². The van der Waals surface area contributed by atoms with Crippen LogP contribution in [0.3, 0.4) is 0 Å². The first-order valence-electron chi connectivity index (χ1n) is 3.93. The van der Waals surface area contributed by atoms with E-state index in [1.165, 1.54) is 5.69 Å². The van der Waals surface area contributed by atoms with Gasteiger partial charge in [0, 0.05) is 17.9 Å². The average molecular weight is 153 g/mol. The topological polar surface area (TPSA) is 25.2 Å². The van der Waals surface area contributed by atoms with Crippen LogP contribution in [-0.2, 0) is 6.61 Å². The summed E-state index contributed by atoms with van der Waals surface area (Å²) in [7, 11) is 0. The molecule has 1 aromatic rings. The Morgan fingerprint density at radius 1 is 1.55 bits per heavy atom. The number of aryl methyl sites for hydroxylation is 1. The van der Waals surface area contributed by atoms with Crippen LogP contribution in [0.4, 0.5) is 0 Å². The largest absolute Gasteiger partial charge is 0.392 e. The maximum absolute atomic E-state index is 8.84. The van der Waals surface area contributed by atoms with Gasteiger partial charge in [-0.15, -0.1) is 0 Å². The lowest BCUT2D eigenvalue weighted by atomic mass is 10.3. The fourth-order valence-corrected chi connectivity index (χ4v) is 1.30. The summed E-state index contributed by atoms with van der Waals surface area (Å²) in [6.45, 7) is 6.46. The quantitative estimate of drug-likeness (QED) is 0.689. The molecule has 1 N–H and O–H groups in total. The molecule has 0 atom stereocenters. The molecule has 11 heavy (non-hydrogen) atoms. The number of hydrogen-bond acceptors (Lipinski definition) is 1. The predicted octanol–water partition coefficient (Wildman–Crippen LogP) is 1.87. The zero-order valence-corrected chi connectivity index (χ0v) is 7.33. The number of hydrogen-bond donors (Lipinski definition) is 1. The lowest BCUT2D eigenvalue weighted by molar-refractivity contribution is 0.281. The van der Waals surface area contributed by atoms with Crippen LogP contribution in [0.5, 0.6) is 0 Å². The van der Waals surface area contributed by atoms with Crippen molar-refractivity contribution >= 4 is 0 Å². The van der Waals surface area contributed by atoms with Crippen molar-refractivity contribution in [3.05, 3.63) is 23.5 Å². The van der Waals surface area contributed by atoms with E-state index in [1.807, 2.05) is 12.3 Å². The fourth-order valence-electron chi connectivity index (χ4n) is 1.30. The Hall–Kier alpha value is -0.760. The van der Waals surface area contributed by atoms with E-state index in [1.54, 1.807) is 0 Å². The highest BCUT2D eigenvalue weighted by molar-refractivity contribution is 5.17. The Balaban J connectivity index is 2.97. The monoisotopic (exact) mass is 153 g/mol.